The van der Waals surface area contributed by atoms with E-state index in [9.17, 15) is 0 Å². The van der Waals surface area contributed by atoms with E-state index in [0.29, 0.717) is 17.5 Å². The first-order chi connectivity index (χ1) is 7.10. The van der Waals surface area contributed by atoms with Crippen molar-refractivity contribution in [2.75, 3.05) is 0 Å². The summed E-state index contributed by atoms with van der Waals surface area (Å²) in [6.45, 7) is 8.63. The van der Waals surface area contributed by atoms with Crippen molar-refractivity contribution >= 4 is 0 Å². The molecule has 0 aliphatic heterocycles. The zero-order valence-electron chi connectivity index (χ0n) is 9.91. The monoisotopic (exact) mass is 202 g/mol. The largest absolute Gasteiger partial charge is 0.242 e. The van der Waals surface area contributed by atoms with Gasteiger partial charge in [0.05, 0.1) is 0 Å². The molecule has 1 heterocycles. The van der Waals surface area contributed by atoms with Crippen molar-refractivity contribution in [3.63, 3.8) is 0 Å². The summed E-state index contributed by atoms with van der Waals surface area (Å²) in [7, 11) is 0. The normalized spacial score (nSPS) is 12.5. The zero-order chi connectivity index (χ0) is 11.4. The number of nitriles is 1. The molecule has 0 saturated carbocycles. The molecule has 1 aromatic heterocycles. The molecule has 0 fully saturated rings. The van der Waals surface area contributed by atoms with Crippen LogP contribution in [0.15, 0.2) is 12.1 Å². The van der Waals surface area contributed by atoms with E-state index in [1.54, 1.807) is 6.07 Å². The van der Waals surface area contributed by atoms with Gasteiger partial charge in [-0.3, -0.25) is 0 Å². The Morgan fingerprint density at radius 1 is 1.33 bits per heavy atom. The smallest absolute Gasteiger partial charge is 0.140 e. The first kappa shape index (κ1) is 11.7. The van der Waals surface area contributed by atoms with Crippen molar-refractivity contribution < 1.29 is 0 Å². The van der Waals surface area contributed by atoms with Gasteiger partial charge in [0.1, 0.15) is 11.8 Å². The lowest BCUT2D eigenvalue weighted by Gasteiger charge is -2.16. The highest BCUT2D eigenvalue weighted by atomic mass is 14.7. The van der Waals surface area contributed by atoms with Gasteiger partial charge in [0.25, 0.3) is 0 Å². The van der Waals surface area contributed by atoms with Gasteiger partial charge >= 0.3 is 0 Å². The molecule has 0 radical (unpaired) electrons. The number of aromatic nitrogens is 1. The Morgan fingerprint density at radius 2 is 2.00 bits per heavy atom. The van der Waals surface area contributed by atoms with Crippen molar-refractivity contribution in [1.82, 2.24) is 4.98 Å². The predicted molar refractivity (Wildman–Crippen MR) is 61.7 cm³/mol. The number of pyridine rings is 1. The van der Waals surface area contributed by atoms with Gasteiger partial charge in [-0.25, -0.2) is 4.98 Å². The molecule has 0 aliphatic carbocycles. The van der Waals surface area contributed by atoms with Crippen LogP contribution in [0.4, 0.5) is 0 Å². The molecule has 0 N–H and O–H groups in total. The minimum Gasteiger partial charge on any atom is -0.242 e. The number of hydrogen-bond donors (Lipinski definition) is 0. The van der Waals surface area contributed by atoms with Crippen LogP contribution >= 0.6 is 0 Å². The Bertz CT molecular complexity index is 375. The van der Waals surface area contributed by atoms with Crippen LogP contribution in [0.3, 0.4) is 0 Å². The lowest BCUT2D eigenvalue weighted by molar-refractivity contribution is 0.680. The first-order valence-corrected chi connectivity index (χ1v) is 5.51. The second-order valence-electron chi connectivity index (χ2n) is 4.25. The Kier molecular flexibility index (Phi) is 3.85. The highest BCUT2D eigenvalue weighted by Crippen LogP contribution is 2.26. The maximum absolute atomic E-state index is 8.83. The summed E-state index contributed by atoms with van der Waals surface area (Å²) in [4.78, 5) is 4.42. The minimum absolute atomic E-state index is 0.427. The van der Waals surface area contributed by atoms with E-state index in [1.807, 2.05) is 6.07 Å². The molecule has 80 valence electrons. The molecule has 1 atom stereocenters. The molecule has 0 spiro atoms. The average Bonchev–Trinajstić information content (AvgIpc) is 2.26. The summed E-state index contributed by atoms with van der Waals surface area (Å²) in [5.74, 6) is 0.893. The SMILES string of the molecule is CCC(C)c1nc(C#N)ccc1C(C)C. The van der Waals surface area contributed by atoms with Crippen LogP contribution in [-0.2, 0) is 0 Å². The van der Waals surface area contributed by atoms with Crippen molar-refractivity contribution in [2.24, 2.45) is 0 Å². The van der Waals surface area contributed by atoms with Crippen LogP contribution in [-0.4, -0.2) is 4.98 Å². The van der Waals surface area contributed by atoms with Gasteiger partial charge in [-0.15, -0.1) is 0 Å². The number of nitrogens with zero attached hydrogens (tertiary/aromatic N) is 2. The quantitative estimate of drug-likeness (QED) is 0.751. The summed E-state index contributed by atoms with van der Waals surface area (Å²) in [5.41, 5.74) is 2.88. The predicted octanol–water partition coefficient (Wildman–Crippen LogP) is 3.59. The topological polar surface area (TPSA) is 36.7 Å². The molecule has 0 bridgehead atoms. The fraction of sp³-hybridized carbons (Fsp3) is 0.538. The lowest BCUT2D eigenvalue weighted by Crippen LogP contribution is -2.04. The van der Waals surface area contributed by atoms with Gasteiger partial charge in [-0.05, 0) is 29.9 Å². The van der Waals surface area contributed by atoms with Crippen LogP contribution in [0.2, 0.25) is 0 Å². The lowest BCUT2D eigenvalue weighted by atomic mass is 9.93. The molecule has 0 aliphatic rings. The number of rotatable bonds is 3. The maximum atomic E-state index is 8.83. The molecule has 0 saturated heterocycles. The summed E-state index contributed by atoms with van der Waals surface area (Å²) in [6.07, 6.45) is 1.06. The molecule has 1 unspecified atom stereocenters. The molecule has 2 nitrogen and oxygen atoms in total. The van der Waals surface area contributed by atoms with Gasteiger partial charge in [-0.2, -0.15) is 5.26 Å². The van der Waals surface area contributed by atoms with Gasteiger partial charge in [-0.1, -0.05) is 33.8 Å². The molecule has 0 aromatic carbocycles. The molecule has 1 rings (SSSR count). The minimum atomic E-state index is 0.427. The maximum Gasteiger partial charge on any atom is 0.140 e. The highest BCUT2D eigenvalue weighted by molar-refractivity contribution is 5.32. The van der Waals surface area contributed by atoms with Crippen LogP contribution in [0.1, 0.15) is 62.9 Å². The third-order valence-electron chi connectivity index (χ3n) is 2.77. The van der Waals surface area contributed by atoms with Gasteiger partial charge in [0.2, 0.25) is 0 Å². The first-order valence-electron chi connectivity index (χ1n) is 5.51. The van der Waals surface area contributed by atoms with Crippen molar-refractivity contribution in [3.8, 4) is 6.07 Å². The van der Waals surface area contributed by atoms with E-state index in [-0.39, 0.29) is 0 Å². The van der Waals surface area contributed by atoms with E-state index >= 15 is 0 Å². The molecule has 1 aromatic rings. The van der Waals surface area contributed by atoms with Gasteiger partial charge < -0.3 is 0 Å². The third-order valence-corrected chi connectivity index (χ3v) is 2.77. The van der Waals surface area contributed by atoms with Crippen molar-refractivity contribution in [2.45, 2.75) is 46.0 Å². The second kappa shape index (κ2) is 4.93. The fourth-order valence-electron chi connectivity index (χ4n) is 1.62. The van der Waals surface area contributed by atoms with Gasteiger partial charge in [0.15, 0.2) is 0 Å². The zero-order valence-corrected chi connectivity index (χ0v) is 9.91. The van der Waals surface area contributed by atoms with Gasteiger partial charge in [0, 0.05) is 5.69 Å². The van der Waals surface area contributed by atoms with Crippen LogP contribution in [0, 0.1) is 11.3 Å². The summed E-state index contributed by atoms with van der Waals surface area (Å²) in [5, 5.41) is 8.83. The molecular formula is C13H18N2. The van der Waals surface area contributed by atoms with Crippen LogP contribution in [0.5, 0.6) is 0 Å². The molecule has 0 amide bonds. The Hall–Kier alpha value is -1.36. The number of hydrogen-bond acceptors (Lipinski definition) is 2. The van der Waals surface area contributed by atoms with Crippen molar-refractivity contribution in [1.29, 1.82) is 5.26 Å². The Labute approximate surface area is 92.0 Å². The average molecular weight is 202 g/mol. The van der Waals surface area contributed by atoms with E-state index in [1.165, 1.54) is 5.56 Å². The highest BCUT2D eigenvalue weighted by Gasteiger charge is 2.13. The fourth-order valence-corrected chi connectivity index (χ4v) is 1.62. The van der Waals surface area contributed by atoms with E-state index < -0.39 is 0 Å². The van der Waals surface area contributed by atoms with Crippen molar-refractivity contribution in [3.05, 3.63) is 29.1 Å². The third kappa shape index (κ3) is 2.56. The molecule has 15 heavy (non-hydrogen) atoms. The van der Waals surface area contributed by atoms with E-state index in [2.05, 4.69) is 38.7 Å². The second-order valence-corrected chi connectivity index (χ2v) is 4.25. The Morgan fingerprint density at radius 3 is 2.47 bits per heavy atom. The summed E-state index contributed by atoms with van der Waals surface area (Å²) >= 11 is 0. The van der Waals surface area contributed by atoms with E-state index in [0.717, 1.165) is 12.1 Å². The van der Waals surface area contributed by atoms with Crippen LogP contribution < -0.4 is 0 Å². The standard InChI is InChI=1S/C13H18N2/c1-5-10(4)13-12(9(2)3)7-6-11(8-14)15-13/h6-7,9-10H,5H2,1-4H3. The molecular weight excluding hydrogens is 184 g/mol. The van der Waals surface area contributed by atoms with Crippen LogP contribution in [0.25, 0.3) is 0 Å². The summed E-state index contributed by atoms with van der Waals surface area (Å²) < 4.78 is 0. The Balaban J connectivity index is 3.23. The molecule has 2 heteroatoms. The summed E-state index contributed by atoms with van der Waals surface area (Å²) in [6, 6.07) is 5.95. The van der Waals surface area contributed by atoms with E-state index in [4.69, 9.17) is 5.26 Å².